The first kappa shape index (κ1) is 28.8. The fraction of sp³-hybridized carbons (Fsp3) is 0.586. The van der Waals surface area contributed by atoms with Crippen LogP contribution in [-0.4, -0.2) is 34.9 Å². The lowest BCUT2D eigenvalue weighted by Gasteiger charge is -2.40. The molecule has 1 saturated heterocycles. The van der Waals surface area contributed by atoms with Crippen molar-refractivity contribution >= 4 is 22.3 Å². The Kier molecular flexibility index (Phi) is 11.5. The summed E-state index contributed by atoms with van der Waals surface area (Å²) >= 11 is 0. The van der Waals surface area contributed by atoms with E-state index in [0.29, 0.717) is 0 Å². The van der Waals surface area contributed by atoms with Crippen LogP contribution < -0.4 is 4.90 Å². The van der Waals surface area contributed by atoms with Gasteiger partial charge in [-0.15, -0.1) is 0 Å². The number of para-hydroxylation sites is 1. The molecule has 3 nitrogen and oxygen atoms in total. The van der Waals surface area contributed by atoms with Gasteiger partial charge in [-0.3, -0.25) is 0 Å². The number of rotatable bonds is 11. The van der Waals surface area contributed by atoms with Gasteiger partial charge in [0.1, 0.15) is 0 Å². The van der Waals surface area contributed by atoms with E-state index in [1.54, 1.807) is 0 Å². The number of hydrogen-bond acceptors (Lipinski definition) is 3. The molecule has 0 aromatic heterocycles. The highest BCUT2D eigenvalue weighted by molar-refractivity contribution is 6.87. The number of nitrogens with zero attached hydrogens (tertiary/aromatic N) is 1. The van der Waals surface area contributed by atoms with E-state index in [2.05, 4.69) is 82.8 Å². The van der Waals surface area contributed by atoms with Crippen LogP contribution in [0.1, 0.15) is 59.9 Å². The quantitative estimate of drug-likeness (QED) is 0.316. The van der Waals surface area contributed by atoms with Gasteiger partial charge in [0.05, 0.1) is 12.1 Å². The van der Waals surface area contributed by atoms with Gasteiger partial charge >= 0.3 is 0 Å². The van der Waals surface area contributed by atoms with E-state index in [1.165, 1.54) is 47.5 Å². The fourth-order valence-corrected chi connectivity index (χ4v) is 15.7. The lowest BCUT2D eigenvalue weighted by atomic mass is 9.87. The van der Waals surface area contributed by atoms with E-state index in [1.807, 2.05) is 24.3 Å². The summed E-state index contributed by atoms with van der Waals surface area (Å²) in [6, 6.07) is 28.6. The van der Waals surface area contributed by atoms with Gasteiger partial charge in [-0.05, 0) is 66.8 Å². The monoisotopic (exact) mass is 499 g/mol. The van der Waals surface area contributed by atoms with Crippen molar-refractivity contribution in [3.05, 3.63) is 66.2 Å². The van der Waals surface area contributed by atoms with Gasteiger partial charge in [0.2, 0.25) is 0 Å². The van der Waals surface area contributed by atoms with Gasteiger partial charge in [0, 0.05) is 12.2 Å². The van der Waals surface area contributed by atoms with Crippen LogP contribution >= 0.6 is 0 Å². The number of benzene rings is 2. The maximum absolute atomic E-state index is 10.1. The highest BCUT2D eigenvalue weighted by Crippen LogP contribution is 2.41. The molecule has 1 fully saturated rings. The normalized spacial score (nSPS) is 18.5. The van der Waals surface area contributed by atoms with Crippen LogP contribution in [0.3, 0.4) is 0 Å². The molecule has 1 N–H and O–H groups in total. The van der Waals surface area contributed by atoms with Gasteiger partial charge in [0.25, 0.3) is 0 Å². The highest BCUT2D eigenvalue weighted by atomic mass is 28.4. The minimum absolute atomic E-state index is 0.159. The second-order valence-corrected chi connectivity index (χ2v) is 19.5. The van der Waals surface area contributed by atoms with Crippen molar-refractivity contribution in [3.63, 3.8) is 0 Å². The number of aliphatic hydroxyl groups excluding tert-OH is 1. The fourth-order valence-electron chi connectivity index (χ4n) is 5.56. The van der Waals surface area contributed by atoms with Crippen molar-refractivity contribution in [1.29, 1.82) is 0 Å². The van der Waals surface area contributed by atoms with Gasteiger partial charge in [-0.2, -0.15) is 0 Å². The molecule has 1 aliphatic rings. The summed E-state index contributed by atoms with van der Waals surface area (Å²) < 4.78 is 6.80. The molecule has 190 valence electrons. The Balaban J connectivity index is 0.000000249. The predicted molar refractivity (Wildman–Crippen MR) is 154 cm³/mol. The van der Waals surface area contributed by atoms with Crippen LogP contribution in [0.25, 0.3) is 0 Å². The average Bonchev–Trinajstić information content (AvgIpc) is 3.37. The topological polar surface area (TPSA) is 32.7 Å². The molecule has 0 bridgehead atoms. The summed E-state index contributed by atoms with van der Waals surface area (Å²) in [6.45, 7) is 15.2. The van der Waals surface area contributed by atoms with Crippen LogP contribution in [0, 0.1) is 0 Å². The third-order valence-corrected chi connectivity index (χ3v) is 19.6. The zero-order valence-corrected chi connectivity index (χ0v) is 24.6. The van der Waals surface area contributed by atoms with Gasteiger partial charge in [-0.1, -0.05) is 90.1 Å². The van der Waals surface area contributed by atoms with E-state index < -0.39 is 16.6 Å². The number of aliphatic hydroxyl groups is 1. The van der Waals surface area contributed by atoms with Crippen LogP contribution in [-0.2, 0) is 9.65 Å². The summed E-state index contributed by atoms with van der Waals surface area (Å²) in [4.78, 5) is 2.35. The van der Waals surface area contributed by atoms with E-state index in [9.17, 15) is 5.11 Å². The van der Waals surface area contributed by atoms with Crippen molar-refractivity contribution in [2.75, 3.05) is 18.1 Å². The van der Waals surface area contributed by atoms with Crippen molar-refractivity contribution in [2.24, 2.45) is 0 Å². The summed E-state index contributed by atoms with van der Waals surface area (Å²) in [7, 11) is -2.71. The number of hydrogen-bond donors (Lipinski definition) is 1. The molecule has 34 heavy (non-hydrogen) atoms. The first-order valence-corrected chi connectivity index (χ1v) is 18.7. The Labute approximate surface area is 211 Å². The first-order valence-electron chi connectivity index (χ1n) is 13.6. The van der Waals surface area contributed by atoms with Crippen LogP contribution in [0.5, 0.6) is 0 Å². The van der Waals surface area contributed by atoms with Crippen LogP contribution in [0.4, 0.5) is 5.69 Å². The lowest BCUT2D eigenvalue weighted by Crippen LogP contribution is -2.49. The minimum atomic E-state index is -1.35. The standard InChI is InChI=1S/C17H19NO.C12H30OSi2/c19-14-17(15-8-3-1-4-9-15)12-7-13-18(17)16-10-5-2-6-11-16;1-7-14(8-2,9-3)13-15(10-4,11-5)12-6/h1-6,8-11,19H,7,12-14H2;7-12H2,1-6H3/t17-;/m0./s1. The highest BCUT2D eigenvalue weighted by Gasteiger charge is 2.42. The molecule has 2 aromatic rings. The van der Waals surface area contributed by atoms with Gasteiger partial charge < -0.3 is 14.1 Å². The van der Waals surface area contributed by atoms with Crippen molar-refractivity contribution < 1.29 is 9.22 Å². The molecule has 0 spiro atoms. The third kappa shape index (κ3) is 6.42. The largest absolute Gasteiger partial charge is 0.455 e. The van der Waals surface area contributed by atoms with E-state index in [0.717, 1.165) is 19.4 Å². The van der Waals surface area contributed by atoms with Crippen LogP contribution in [0.2, 0.25) is 36.3 Å². The second kappa shape index (κ2) is 13.6. The third-order valence-electron chi connectivity index (χ3n) is 8.43. The Morgan fingerprint density at radius 2 is 1.18 bits per heavy atom. The molecule has 0 radical (unpaired) electrons. The summed E-state index contributed by atoms with van der Waals surface area (Å²) in [5.41, 5.74) is 2.14. The minimum Gasteiger partial charge on any atom is -0.455 e. The van der Waals surface area contributed by atoms with Crippen molar-refractivity contribution in [3.8, 4) is 0 Å². The molecule has 5 heteroatoms. The zero-order valence-electron chi connectivity index (χ0n) is 22.6. The van der Waals surface area contributed by atoms with Crippen molar-refractivity contribution in [2.45, 2.75) is 96.2 Å². The molecule has 0 amide bonds. The smallest absolute Gasteiger partial charge is 0.178 e. The SMILES string of the molecule is CC[Si](CC)(CC)O[Si](CC)(CC)CC.OC[C@]1(c2ccccc2)CCCN1c1ccccc1. The maximum atomic E-state index is 10.1. The van der Waals surface area contributed by atoms with Crippen LogP contribution in [0.15, 0.2) is 60.7 Å². The molecular weight excluding hydrogens is 450 g/mol. The molecular formula is C29H49NO2Si2. The molecule has 0 saturated carbocycles. The Morgan fingerprint density at radius 3 is 1.59 bits per heavy atom. The second-order valence-electron chi connectivity index (χ2n) is 9.74. The molecule has 3 rings (SSSR count). The Morgan fingerprint density at radius 1 is 0.735 bits per heavy atom. The summed E-state index contributed by atoms with van der Waals surface area (Å²) in [5.74, 6) is 0. The van der Waals surface area contributed by atoms with E-state index >= 15 is 0 Å². The van der Waals surface area contributed by atoms with Gasteiger partial charge in [-0.25, -0.2) is 0 Å². The average molecular weight is 500 g/mol. The first-order chi connectivity index (χ1) is 16.4. The van der Waals surface area contributed by atoms with Gasteiger partial charge in [0.15, 0.2) is 16.6 Å². The molecule has 2 aromatic carbocycles. The number of anilines is 1. The molecule has 1 heterocycles. The molecule has 1 atom stereocenters. The molecule has 1 aliphatic heterocycles. The summed E-state index contributed by atoms with van der Waals surface area (Å²) in [5, 5.41) is 10.1. The zero-order chi connectivity index (χ0) is 25.1. The predicted octanol–water partition coefficient (Wildman–Crippen LogP) is 8.19. The lowest BCUT2D eigenvalue weighted by molar-refractivity contribution is 0.198. The maximum Gasteiger partial charge on any atom is 0.178 e. The van der Waals surface area contributed by atoms with E-state index in [4.69, 9.17) is 4.12 Å². The Bertz CT molecular complexity index is 775. The summed E-state index contributed by atoms with van der Waals surface area (Å²) in [6.07, 6.45) is 2.12. The van der Waals surface area contributed by atoms with Crippen molar-refractivity contribution in [1.82, 2.24) is 0 Å². The Hall–Kier alpha value is -1.41. The van der Waals surface area contributed by atoms with E-state index in [-0.39, 0.29) is 12.1 Å². The molecule has 0 aliphatic carbocycles. The molecule has 0 unspecified atom stereocenters.